The van der Waals surface area contributed by atoms with Crippen LogP contribution in [0.5, 0.6) is 0 Å². The number of hydrogen-bond acceptors (Lipinski definition) is 7. The summed E-state index contributed by atoms with van der Waals surface area (Å²) in [4.78, 5) is 19.4. The van der Waals surface area contributed by atoms with E-state index in [1.165, 1.54) is 12.8 Å². The Morgan fingerprint density at radius 2 is 1.42 bits per heavy atom. The third-order valence-electron chi connectivity index (χ3n) is 10.4. The van der Waals surface area contributed by atoms with Gasteiger partial charge in [0.1, 0.15) is 17.2 Å². The van der Waals surface area contributed by atoms with E-state index in [1.807, 2.05) is 34.1 Å². The van der Waals surface area contributed by atoms with E-state index in [4.69, 9.17) is 15.3 Å². The Morgan fingerprint density at radius 1 is 0.822 bits per heavy atom. The first-order valence-electron chi connectivity index (χ1n) is 16.4. The van der Waals surface area contributed by atoms with Gasteiger partial charge in [-0.25, -0.2) is 13.6 Å². The zero-order valence-corrected chi connectivity index (χ0v) is 25.8. The largest absolute Gasteiger partial charge is 0.441 e. The highest BCUT2D eigenvalue weighted by Gasteiger charge is 2.47. The Bertz CT molecular complexity index is 1410. The summed E-state index contributed by atoms with van der Waals surface area (Å²) < 4.78 is 34.8. The first-order chi connectivity index (χ1) is 21.8. The lowest BCUT2D eigenvalue weighted by Crippen LogP contribution is -2.47. The van der Waals surface area contributed by atoms with Crippen LogP contribution in [0.15, 0.2) is 36.4 Å². The number of nitrogens with one attached hydrogen (secondary N) is 1. The van der Waals surface area contributed by atoms with Crippen LogP contribution in [0.3, 0.4) is 0 Å². The molecule has 1 amide bonds. The summed E-state index contributed by atoms with van der Waals surface area (Å²) in [5.74, 6) is -0.194. The molecule has 1 aliphatic carbocycles. The highest BCUT2D eigenvalue weighted by Crippen LogP contribution is 2.37. The number of nitriles is 2. The monoisotopic (exact) mass is 616 g/mol. The molecule has 1 spiro atoms. The molecule has 45 heavy (non-hydrogen) atoms. The van der Waals surface area contributed by atoms with Crippen LogP contribution in [-0.4, -0.2) is 78.2 Å². The standard InChI is InChI=1S/C35H42F2N6O2/c36-32-17-28(20-39)18-33(37)31(32)23-42-15-11-35(12-16-42)24-43(34(44)45-35)22-27-3-1-26(2-4-27)21-41-13-9-30(10-14-41)40-29-7-5-25(19-38)6-8-29/h5-8,17-18,26-27,30,40H,1-4,9-16,21-24H2. The maximum atomic E-state index is 14.4. The molecule has 4 fully saturated rings. The van der Waals surface area contributed by atoms with Gasteiger partial charge in [-0.15, -0.1) is 0 Å². The first-order valence-corrected chi connectivity index (χ1v) is 16.4. The molecule has 3 aliphatic heterocycles. The van der Waals surface area contributed by atoms with Crippen molar-refractivity contribution >= 4 is 11.8 Å². The molecule has 3 saturated heterocycles. The zero-order valence-electron chi connectivity index (χ0n) is 25.8. The summed E-state index contributed by atoms with van der Waals surface area (Å²) in [6.45, 7) is 6.00. The molecule has 4 aliphatic rings. The molecule has 1 N–H and O–H groups in total. The molecule has 10 heteroatoms. The molecule has 2 aromatic carbocycles. The van der Waals surface area contributed by atoms with E-state index in [1.54, 1.807) is 6.07 Å². The predicted molar refractivity (Wildman–Crippen MR) is 166 cm³/mol. The topological polar surface area (TPSA) is 95.6 Å². The minimum absolute atomic E-state index is 0.0215. The number of amides is 1. The number of piperidine rings is 2. The van der Waals surface area contributed by atoms with Crippen molar-refractivity contribution in [3.05, 3.63) is 64.7 Å². The smallest absolute Gasteiger partial charge is 0.410 e. The molecule has 0 unspecified atom stereocenters. The molecule has 0 atom stereocenters. The van der Waals surface area contributed by atoms with Gasteiger partial charge in [0.2, 0.25) is 0 Å². The number of carbonyl (C=O) groups excluding carboxylic acids is 1. The van der Waals surface area contributed by atoms with Crippen molar-refractivity contribution in [3.8, 4) is 12.1 Å². The molecule has 0 radical (unpaired) electrons. The Morgan fingerprint density at radius 3 is 2.02 bits per heavy atom. The summed E-state index contributed by atoms with van der Waals surface area (Å²) >= 11 is 0. The number of carbonyl (C=O) groups is 1. The molecule has 2 aromatic rings. The Balaban J connectivity index is 0.897. The first kappa shape index (κ1) is 31.3. The number of anilines is 1. The second-order valence-corrected chi connectivity index (χ2v) is 13.5. The van der Waals surface area contributed by atoms with E-state index in [0.29, 0.717) is 55.9 Å². The van der Waals surface area contributed by atoms with Gasteiger partial charge >= 0.3 is 6.09 Å². The number of benzene rings is 2. The molecule has 0 aromatic heterocycles. The molecular weight excluding hydrogens is 574 g/mol. The molecular formula is C35H42F2N6O2. The minimum Gasteiger partial charge on any atom is -0.441 e. The third kappa shape index (κ3) is 7.57. The lowest BCUT2D eigenvalue weighted by atomic mass is 9.81. The van der Waals surface area contributed by atoms with Crippen LogP contribution in [0.2, 0.25) is 0 Å². The SMILES string of the molecule is N#Cc1ccc(NC2CCN(CC3CCC(CN4CC5(CCN(Cc6c(F)cc(C#N)cc6F)CC5)OC4=O)CC3)CC2)cc1. The fourth-order valence-corrected chi connectivity index (χ4v) is 7.66. The predicted octanol–water partition coefficient (Wildman–Crippen LogP) is 5.88. The van der Waals surface area contributed by atoms with E-state index in [2.05, 4.69) is 16.3 Å². The second kappa shape index (κ2) is 13.7. The molecule has 8 nitrogen and oxygen atoms in total. The molecule has 1 saturated carbocycles. The summed E-state index contributed by atoms with van der Waals surface area (Å²) in [6.07, 6.45) is 7.94. The van der Waals surface area contributed by atoms with Crippen molar-refractivity contribution in [1.29, 1.82) is 10.5 Å². The molecule has 6 rings (SSSR count). The van der Waals surface area contributed by atoms with Gasteiger partial charge in [-0.1, -0.05) is 0 Å². The normalized spacial score (nSPS) is 24.3. The average Bonchev–Trinajstić information content (AvgIpc) is 3.35. The van der Waals surface area contributed by atoms with E-state index < -0.39 is 17.2 Å². The highest BCUT2D eigenvalue weighted by molar-refractivity contribution is 5.70. The zero-order chi connectivity index (χ0) is 31.4. The molecule has 0 bridgehead atoms. The van der Waals surface area contributed by atoms with Crippen molar-refractivity contribution < 1.29 is 18.3 Å². The van der Waals surface area contributed by atoms with Crippen molar-refractivity contribution in [2.24, 2.45) is 11.8 Å². The lowest BCUT2D eigenvalue weighted by Gasteiger charge is -2.38. The van der Waals surface area contributed by atoms with Crippen LogP contribution in [0.25, 0.3) is 0 Å². The summed E-state index contributed by atoms with van der Waals surface area (Å²) in [5.41, 5.74) is 1.20. The number of hydrogen-bond donors (Lipinski definition) is 1. The van der Waals surface area contributed by atoms with Gasteiger partial charge in [-0.2, -0.15) is 10.5 Å². The third-order valence-corrected chi connectivity index (χ3v) is 10.4. The van der Waals surface area contributed by atoms with Gasteiger partial charge in [-0.3, -0.25) is 4.90 Å². The minimum atomic E-state index is -0.696. The fourth-order valence-electron chi connectivity index (χ4n) is 7.66. The van der Waals surface area contributed by atoms with Gasteiger partial charge in [0.25, 0.3) is 0 Å². The number of likely N-dealkylation sites (tertiary alicyclic amines) is 2. The Kier molecular flexibility index (Phi) is 9.53. The van der Waals surface area contributed by atoms with Crippen LogP contribution in [0.1, 0.15) is 68.1 Å². The number of rotatable bonds is 8. The number of halogens is 2. The van der Waals surface area contributed by atoms with Crippen LogP contribution in [0, 0.1) is 46.1 Å². The van der Waals surface area contributed by atoms with E-state index >= 15 is 0 Å². The van der Waals surface area contributed by atoms with Gasteiger partial charge in [0.05, 0.1) is 29.8 Å². The molecule has 3 heterocycles. The Hall–Kier alpha value is -3.73. The highest BCUT2D eigenvalue weighted by atomic mass is 19.1. The van der Waals surface area contributed by atoms with Gasteiger partial charge in [-0.05, 0) is 86.8 Å². The summed E-state index contributed by atoms with van der Waals surface area (Å²) in [6, 6.07) is 14.3. The van der Waals surface area contributed by atoms with Gasteiger partial charge in [0, 0.05) is 75.9 Å². The maximum absolute atomic E-state index is 14.4. The molecule has 238 valence electrons. The van der Waals surface area contributed by atoms with E-state index in [9.17, 15) is 13.6 Å². The van der Waals surface area contributed by atoms with Crippen LogP contribution in [0.4, 0.5) is 19.3 Å². The van der Waals surface area contributed by atoms with Crippen molar-refractivity contribution in [1.82, 2.24) is 14.7 Å². The van der Waals surface area contributed by atoms with Crippen molar-refractivity contribution in [2.45, 2.75) is 69.6 Å². The lowest BCUT2D eigenvalue weighted by molar-refractivity contribution is -0.00167. The summed E-state index contributed by atoms with van der Waals surface area (Å²) in [7, 11) is 0. The number of ether oxygens (including phenoxy) is 1. The second-order valence-electron chi connectivity index (χ2n) is 13.5. The average molecular weight is 617 g/mol. The quantitative estimate of drug-likeness (QED) is 0.396. The van der Waals surface area contributed by atoms with E-state index in [0.717, 1.165) is 69.7 Å². The van der Waals surface area contributed by atoms with Crippen molar-refractivity contribution in [3.63, 3.8) is 0 Å². The fraction of sp³-hybridized carbons (Fsp3) is 0.571. The Labute approximate surface area is 264 Å². The summed E-state index contributed by atoms with van der Waals surface area (Å²) in [5, 5.41) is 21.6. The van der Waals surface area contributed by atoms with Crippen LogP contribution >= 0.6 is 0 Å². The van der Waals surface area contributed by atoms with Crippen molar-refractivity contribution in [2.75, 3.05) is 51.1 Å². The van der Waals surface area contributed by atoms with Gasteiger partial charge < -0.3 is 19.9 Å². The maximum Gasteiger partial charge on any atom is 0.410 e. The van der Waals surface area contributed by atoms with Crippen LogP contribution in [-0.2, 0) is 11.3 Å². The van der Waals surface area contributed by atoms with E-state index in [-0.39, 0.29) is 23.8 Å². The number of nitrogens with zero attached hydrogens (tertiary/aromatic N) is 5. The van der Waals surface area contributed by atoms with Gasteiger partial charge in [0.15, 0.2) is 0 Å². The van der Waals surface area contributed by atoms with Crippen LogP contribution < -0.4 is 5.32 Å².